The Kier molecular flexibility index (Phi) is 3.72. The number of carbonyl (C=O) groups is 1. The van der Waals surface area contributed by atoms with Crippen LogP contribution in [0.3, 0.4) is 0 Å². The highest BCUT2D eigenvalue weighted by Gasteiger charge is 2.59. The molecule has 1 aromatic rings. The zero-order chi connectivity index (χ0) is 15.1. The first kappa shape index (κ1) is 14.8. The lowest BCUT2D eigenvalue weighted by Gasteiger charge is -2.32. The minimum atomic E-state index is -1.37. The molecule has 1 saturated heterocycles. The summed E-state index contributed by atoms with van der Waals surface area (Å²) in [6.45, 7) is 1.60. The molecule has 0 bridgehead atoms. The van der Waals surface area contributed by atoms with Crippen molar-refractivity contribution in [1.29, 1.82) is 0 Å². The lowest BCUT2D eigenvalue weighted by atomic mass is 9.93. The van der Waals surface area contributed by atoms with Crippen molar-refractivity contribution in [3.8, 4) is 0 Å². The molecular weight excluding hydrogens is 292 g/mol. The Bertz CT molecular complexity index is 536. The Balaban J connectivity index is 1.96. The van der Waals surface area contributed by atoms with Crippen molar-refractivity contribution in [1.82, 2.24) is 0 Å². The maximum Gasteiger partial charge on any atom is 0.338 e. The van der Waals surface area contributed by atoms with Crippen LogP contribution < -0.4 is 0 Å². The molecule has 2 fully saturated rings. The van der Waals surface area contributed by atoms with Gasteiger partial charge in [0.25, 0.3) is 0 Å². The summed E-state index contributed by atoms with van der Waals surface area (Å²) in [5, 5.41) is 10.3. The molecule has 114 valence electrons. The molecule has 1 N–H and O–H groups in total. The fourth-order valence-corrected chi connectivity index (χ4v) is 3.41. The standard InChI is InChI=1S/C16H19ClO4/c1-15(14(18)19)13(11-5-7-12(17)8-6-11)20-16(21-15)9-3-2-4-10-16/h5-8,13H,2-4,9-10H2,1H3,(H,18,19)/t13-,15+/m0/s1. The minimum Gasteiger partial charge on any atom is -0.479 e. The molecule has 1 spiro atoms. The molecule has 0 amide bonds. The molecule has 1 heterocycles. The van der Waals surface area contributed by atoms with Gasteiger partial charge in [-0.05, 0) is 37.5 Å². The Hall–Kier alpha value is -1.10. The van der Waals surface area contributed by atoms with Crippen LogP contribution in [-0.4, -0.2) is 22.5 Å². The molecule has 0 radical (unpaired) electrons. The second-order valence-corrected chi connectivity index (χ2v) is 6.47. The van der Waals surface area contributed by atoms with Crippen molar-refractivity contribution < 1.29 is 19.4 Å². The van der Waals surface area contributed by atoms with E-state index in [0.29, 0.717) is 5.02 Å². The van der Waals surface area contributed by atoms with Crippen LogP contribution in [0.5, 0.6) is 0 Å². The first-order valence-corrected chi connectivity index (χ1v) is 7.70. The van der Waals surface area contributed by atoms with Crippen LogP contribution in [0.25, 0.3) is 0 Å². The average Bonchev–Trinajstić information content (AvgIpc) is 2.75. The van der Waals surface area contributed by atoms with E-state index in [2.05, 4.69) is 0 Å². The third kappa shape index (κ3) is 2.56. The molecule has 4 nitrogen and oxygen atoms in total. The van der Waals surface area contributed by atoms with Crippen molar-refractivity contribution in [2.24, 2.45) is 0 Å². The summed E-state index contributed by atoms with van der Waals surface area (Å²) < 4.78 is 12.1. The molecule has 0 aromatic heterocycles. The number of hydrogen-bond acceptors (Lipinski definition) is 3. The van der Waals surface area contributed by atoms with Gasteiger partial charge in [0.1, 0.15) is 6.10 Å². The van der Waals surface area contributed by atoms with E-state index in [1.165, 1.54) is 0 Å². The summed E-state index contributed by atoms with van der Waals surface area (Å²) in [5.74, 6) is -1.75. The average molecular weight is 311 g/mol. The van der Waals surface area contributed by atoms with Gasteiger partial charge < -0.3 is 14.6 Å². The Morgan fingerprint density at radius 1 is 1.24 bits per heavy atom. The van der Waals surface area contributed by atoms with E-state index in [9.17, 15) is 9.90 Å². The van der Waals surface area contributed by atoms with E-state index < -0.39 is 23.5 Å². The summed E-state index contributed by atoms with van der Waals surface area (Å²) in [5.41, 5.74) is -0.586. The van der Waals surface area contributed by atoms with Gasteiger partial charge in [0.05, 0.1) is 0 Å². The first-order chi connectivity index (χ1) is 9.95. The normalized spacial score (nSPS) is 31.4. The van der Waals surface area contributed by atoms with Crippen LogP contribution in [0.15, 0.2) is 24.3 Å². The fraction of sp³-hybridized carbons (Fsp3) is 0.562. The number of rotatable bonds is 2. The van der Waals surface area contributed by atoms with Gasteiger partial charge in [0, 0.05) is 17.9 Å². The van der Waals surface area contributed by atoms with Crippen molar-refractivity contribution in [3.63, 3.8) is 0 Å². The fourth-order valence-electron chi connectivity index (χ4n) is 3.28. The smallest absolute Gasteiger partial charge is 0.338 e. The topological polar surface area (TPSA) is 55.8 Å². The molecule has 2 aliphatic rings. The van der Waals surface area contributed by atoms with Crippen LogP contribution in [0.4, 0.5) is 0 Å². The number of carboxylic acids is 1. The monoisotopic (exact) mass is 310 g/mol. The van der Waals surface area contributed by atoms with E-state index in [1.54, 1.807) is 31.2 Å². The lowest BCUT2D eigenvalue weighted by Crippen LogP contribution is -2.42. The molecule has 0 unspecified atom stereocenters. The van der Waals surface area contributed by atoms with Crippen LogP contribution in [-0.2, 0) is 14.3 Å². The van der Waals surface area contributed by atoms with Crippen molar-refractivity contribution in [3.05, 3.63) is 34.9 Å². The third-order valence-corrected chi connectivity index (χ3v) is 4.70. The van der Waals surface area contributed by atoms with Gasteiger partial charge in [-0.2, -0.15) is 0 Å². The first-order valence-electron chi connectivity index (χ1n) is 7.32. The predicted octanol–water partition coefficient (Wildman–Crippen LogP) is 3.93. The van der Waals surface area contributed by atoms with E-state index in [1.807, 2.05) is 0 Å². The summed E-state index contributed by atoms with van der Waals surface area (Å²) in [7, 11) is 0. The Morgan fingerprint density at radius 2 is 1.86 bits per heavy atom. The summed E-state index contributed by atoms with van der Waals surface area (Å²) in [4.78, 5) is 11.8. The number of hydrogen-bond donors (Lipinski definition) is 1. The predicted molar refractivity (Wildman–Crippen MR) is 78.2 cm³/mol. The van der Waals surface area contributed by atoms with Crippen LogP contribution in [0.1, 0.15) is 50.7 Å². The second-order valence-electron chi connectivity index (χ2n) is 6.04. The minimum absolute atomic E-state index is 0.613. The zero-order valence-corrected chi connectivity index (χ0v) is 12.7. The number of halogens is 1. The highest BCUT2D eigenvalue weighted by atomic mass is 35.5. The summed E-state index contributed by atoms with van der Waals surface area (Å²) in [6.07, 6.45) is 4.03. The van der Waals surface area contributed by atoms with Crippen molar-refractivity contribution in [2.75, 3.05) is 0 Å². The maximum absolute atomic E-state index is 11.8. The zero-order valence-electron chi connectivity index (χ0n) is 12.0. The quantitative estimate of drug-likeness (QED) is 0.899. The third-order valence-electron chi connectivity index (χ3n) is 4.44. The van der Waals surface area contributed by atoms with Gasteiger partial charge in [-0.1, -0.05) is 30.2 Å². The highest BCUT2D eigenvalue weighted by Crippen LogP contribution is 2.51. The van der Waals surface area contributed by atoms with E-state index in [-0.39, 0.29) is 0 Å². The molecular formula is C16H19ClO4. The van der Waals surface area contributed by atoms with Gasteiger partial charge in [-0.25, -0.2) is 4.79 Å². The Morgan fingerprint density at radius 3 is 2.43 bits per heavy atom. The van der Waals surface area contributed by atoms with Crippen molar-refractivity contribution in [2.45, 2.75) is 56.5 Å². The molecule has 1 aromatic carbocycles. The largest absolute Gasteiger partial charge is 0.479 e. The summed E-state index contributed by atoms with van der Waals surface area (Å²) in [6, 6.07) is 7.10. The van der Waals surface area contributed by atoms with Gasteiger partial charge in [0.15, 0.2) is 11.4 Å². The summed E-state index contributed by atoms with van der Waals surface area (Å²) >= 11 is 5.91. The molecule has 1 aliphatic carbocycles. The molecule has 3 rings (SSSR count). The number of carboxylic acid groups (broad SMARTS) is 1. The maximum atomic E-state index is 11.8. The lowest BCUT2D eigenvalue weighted by molar-refractivity contribution is -0.211. The van der Waals surface area contributed by atoms with E-state index in [4.69, 9.17) is 21.1 Å². The van der Waals surface area contributed by atoms with Gasteiger partial charge in [0.2, 0.25) is 0 Å². The number of aliphatic carboxylic acids is 1. The van der Waals surface area contributed by atoms with Gasteiger partial charge in [-0.3, -0.25) is 0 Å². The molecule has 2 atom stereocenters. The second kappa shape index (κ2) is 5.27. The number of benzene rings is 1. The van der Waals surface area contributed by atoms with Gasteiger partial charge in [-0.15, -0.1) is 0 Å². The highest BCUT2D eigenvalue weighted by molar-refractivity contribution is 6.30. The molecule has 1 aliphatic heterocycles. The van der Waals surface area contributed by atoms with Gasteiger partial charge >= 0.3 is 5.97 Å². The molecule has 21 heavy (non-hydrogen) atoms. The van der Waals surface area contributed by atoms with Crippen LogP contribution in [0, 0.1) is 0 Å². The number of ether oxygens (including phenoxy) is 2. The van der Waals surface area contributed by atoms with Crippen LogP contribution >= 0.6 is 11.6 Å². The van der Waals surface area contributed by atoms with Crippen LogP contribution in [0.2, 0.25) is 5.02 Å². The van der Waals surface area contributed by atoms with E-state index >= 15 is 0 Å². The Labute approximate surface area is 129 Å². The van der Waals surface area contributed by atoms with Crippen molar-refractivity contribution >= 4 is 17.6 Å². The molecule has 1 saturated carbocycles. The van der Waals surface area contributed by atoms with E-state index in [0.717, 1.165) is 37.7 Å². The molecule has 5 heteroatoms. The SMILES string of the molecule is C[C@@]1(C(=O)O)OC2(CCCCC2)O[C@H]1c1ccc(Cl)cc1.